The second-order valence-electron chi connectivity index (χ2n) is 12.7. The lowest BCUT2D eigenvalue weighted by Crippen LogP contribution is -2.34. The number of benzene rings is 2. The third-order valence-corrected chi connectivity index (χ3v) is 9.22. The Hall–Kier alpha value is -3.67. The summed E-state index contributed by atoms with van der Waals surface area (Å²) in [4.78, 5) is 46.0. The van der Waals surface area contributed by atoms with Crippen molar-refractivity contribution in [3.63, 3.8) is 0 Å². The highest BCUT2D eigenvalue weighted by Gasteiger charge is 2.30. The Bertz CT molecular complexity index is 1620. The van der Waals surface area contributed by atoms with E-state index in [1.807, 2.05) is 32.0 Å². The number of carbonyl (C=O) groups is 3. The number of nitrogens with one attached hydrogen (secondary N) is 2. The van der Waals surface area contributed by atoms with Gasteiger partial charge in [0.2, 0.25) is 15.9 Å². The average molecular weight is 695 g/mol. The van der Waals surface area contributed by atoms with Crippen molar-refractivity contribution >= 4 is 50.3 Å². The summed E-state index contributed by atoms with van der Waals surface area (Å²) in [5.41, 5.74) is 3.94. The molecule has 11 heteroatoms. The summed E-state index contributed by atoms with van der Waals surface area (Å²) in [6, 6.07) is 10.7. The Morgan fingerprint density at radius 1 is 0.939 bits per heavy atom. The maximum Gasteiger partial charge on any atom is 0.221 e. The third-order valence-electron chi connectivity index (χ3n) is 8.49. The van der Waals surface area contributed by atoms with Crippen LogP contribution in [0, 0.1) is 6.92 Å². The predicted molar refractivity (Wildman–Crippen MR) is 199 cm³/mol. The highest BCUT2D eigenvalue weighted by molar-refractivity contribution is 7.88. The number of hydrogen-bond donors (Lipinski definition) is 2. The number of anilines is 2. The lowest BCUT2D eigenvalue weighted by atomic mass is 9.86. The molecule has 2 N–H and O–H groups in total. The fourth-order valence-corrected chi connectivity index (χ4v) is 6.35. The van der Waals surface area contributed by atoms with Crippen molar-refractivity contribution in [2.75, 3.05) is 49.3 Å². The molecule has 0 radical (unpaired) electrons. The van der Waals surface area contributed by atoms with Gasteiger partial charge in [-0.25, -0.2) is 18.1 Å². The number of amides is 1. The van der Waals surface area contributed by atoms with Gasteiger partial charge < -0.3 is 15.0 Å². The van der Waals surface area contributed by atoms with Gasteiger partial charge in [-0.15, -0.1) is 0 Å². The summed E-state index contributed by atoms with van der Waals surface area (Å²) in [5, 5.41) is 2.80. The minimum Gasteiger partial charge on any atom is -0.373 e. The number of unbranched alkanes of at least 4 members (excludes halogenated alkanes) is 9. The van der Waals surface area contributed by atoms with E-state index in [0.29, 0.717) is 42.3 Å². The molecule has 0 spiro atoms. The zero-order valence-corrected chi connectivity index (χ0v) is 30.7. The molecule has 0 heterocycles. The maximum atomic E-state index is 13.6. The molecule has 49 heavy (non-hydrogen) atoms. The third kappa shape index (κ3) is 12.9. The topological polar surface area (TPSA) is 134 Å². The number of rotatable bonds is 22. The first-order chi connectivity index (χ1) is 23.4. The Labute approximate surface area is 292 Å². The predicted octanol–water partition coefficient (Wildman–Crippen LogP) is 7.08. The van der Waals surface area contributed by atoms with E-state index in [4.69, 9.17) is 9.73 Å². The summed E-state index contributed by atoms with van der Waals surface area (Å²) < 4.78 is 31.3. The van der Waals surface area contributed by atoms with Crippen LogP contribution in [-0.4, -0.2) is 70.7 Å². The van der Waals surface area contributed by atoms with Crippen LogP contribution in [0.3, 0.4) is 0 Å². The lowest BCUT2D eigenvalue weighted by Gasteiger charge is -2.24. The molecule has 0 fully saturated rings. The van der Waals surface area contributed by atoms with Crippen molar-refractivity contribution in [1.82, 2.24) is 4.72 Å². The zero-order chi connectivity index (χ0) is 35.8. The van der Waals surface area contributed by atoms with Crippen molar-refractivity contribution in [2.24, 2.45) is 4.99 Å². The van der Waals surface area contributed by atoms with Crippen LogP contribution in [0.25, 0.3) is 0 Å². The zero-order valence-electron chi connectivity index (χ0n) is 29.9. The number of carbonyl (C=O) groups excluding carboxylic acids is 3. The number of Topliss-reactive ketones (excluding diaryl/α,β-unsaturated/α-hetero) is 2. The van der Waals surface area contributed by atoms with Crippen LogP contribution in [0.4, 0.5) is 17.1 Å². The molecule has 0 aromatic heterocycles. The van der Waals surface area contributed by atoms with Gasteiger partial charge in [-0.2, -0.15) is 0 Å². The van der Waals surface area contributed by atoms with Crippen LogP contribution in [0.2, 0.25) is 0 Å². The minimum absolute atomic E-state index is 0.000828. The van der Waals surface area contributed by atoms with E-state index in [9.17, 15) is 22.8 Å². The van der Waals surface area contributed by atoms with Crippen molar-refractivity contribution in [3.05, 3.63) is 64.7 Å². The fraction of sp³-hybridized carbons (Fsp3) is 0.526. The Balaban J connectivity index is 1.76. The molecule has 1 aliphatic rings. The number of nitrogens with zero attached hydrogens (tertiary/aromatic N) is 2. The highest BCUT2D eigenvalue weighted by Crippen LogP contribution is 2.32. The van der Waals surface area contributed by atoms with Gasteiger partial charge in [0.05, 0.1) is 28.9 Å². The molecule has 0 saturated carbocycles. The van der Waals surface area contributed by atoms with Gasteiger partial charge in [-0.05, 0) is 56.2 Å². The first-order valence-electron chi connectivity index (χ1n) is 17.6. The number of sulfonamides is 1. The summed E-state index contributed by atoms with van der Waals surface area (Å²) in [6.07, 6.45) is 14.7. The number of hydrogen-bond acceptors (Lipinski definition) is 8. The van der Waals surface area contributed by atoms with Crippen molar-refractivity contribution in [2.45, 2.75) is 91.9 Å². The number of fused-ring (bicyclic) bond motifs is 1. The average Bonchev–Trinajstić information content (AvgIpc) is 3.05. The van der Waals surface area contributed by atoms with Gasteiger partial charge >= 0.3 is 0 Å². The lowest BCUT2D eigenvalue weighted by molar-refractivity contribution is -0.119. The first kappa shape index (κ1) is 39.8. The van der Waals surface area contributed by atoms with Gasteiger partial charge in [0.25, 0.3) is 0 Å². The van der Waals surface area contributed by atoms with E-state index in [0.717, 1.165) is 36.8 Å². The van der Waals surface area contributed by atoms with E-state index < -0.39 is 21.6 Å². The van der Waals surface area contributed by atoms with Crippen LogP contribution in [0.1, 0.15) is 106 Å². The van der Waals surface area contributed by atoms with Crippen LogP contribution < -0.4 is 14.9 Å². The molecule has 10 nitrogen and oxygen atoms in total. The smallest absolute Gasteiger partial charge is 0.221 e. The largest absolute Gasteiger partial charge is 0.373 e. The van der Waals surface area contributed by atoms with E-state index in [-0.39, 0.29) is 30.2 Å². The van der Waals surface area contributed by atoms with Gasteiger partial charge in [0.15, 0.2) is 11.6 Å². The first-order valence-corrected chi connectivity index (χ1v) is 19.5. The number of aryl methyl sites for hydroxylation is 1. The standard InChI is InChI=1S/C38H54N4O6S/c1-6-8-9-10-11-12-13-14-15-16-24-48-27-36(44)32-26-35(37-31(38(32)45)18-17-19-34(37)40-29(4)43)41-33-21-20-30(25-28(33)3)42(7-2)23-22-39-49(5,46)47/h17-21,25-26,39H,6-16,22-24,27H2,1-5H3,(H,40,43). The van der Waals surface area contributed by atoms with Crippen LogP contribution in [-0.2, 0) is 24.3 Å². The monoisotopic (exact) mass is 694 g/mol. The Kier molecular flexibility index (Phi) is 16.3. The molecule has 2 aromatic rings. The van der Waals surface area contributed by atoms with Crippen LogP contribution >= 0.6 is 0 Å². The number of aliphatic imine (C=N–C) groups is 1. The Morgan fingerprint density at radius 3 is 2.22 bits per heavy atom. The molecule has 268 valence electrons. The SMILES string of the molecule is CCCCCCCCCCCCOCC(=O)C1=CC(=Nc2ccc(N(CC)CCNS(C)(=O)=O)cc2C)c2c(NC(C)=O)cccc2C1=O. The molecule has 0 atom stereocenters. The van der Waals surface area contributed by atoms with Gasteiger partial charge in [-0.3, -0.25) is 14.4 Å². The normalized spacial score (nSPS) is 13.7. The van der Waals surface area contributed by atoms with Crippen molar-refractivity contribution in [1.29, 1.82) is 0 Å². The molecule has 0 aliphatic heterocycles. The summed E-state index contributed by atoms with van der Waals surface area (Å²) in [5.74, 6) is -1.13. The molecule has 0 unspecified atom stereocenters. The number of ketones is 2. The molecule has 1 aliphatic carbocycles. The molecule has 0 bridgehead atoms. The quantitative estimate of drug-likeness (QED) is 0.0994. The molecular formula is C38H54N4O6S. The van der Waals surface area contributed by atoms with E-state index in [1.54, 1.807) is 18.2 Å². The molecule has 1 amide bonds. The van der Waals surface area contributed by atoms with Crippen LogP contribution in [0.5, 0.6) is 0 Å². The minimum atomic E-state index is -3.29. The van der Waals surface area contributed by atoms with E-state index in [2.05, 4.69) is 21.9 Å². The number of likely N-dealkylation sites (N-methyl/N-ethyl adjacent to an activating group) is 1. The van der Waals surface area contributed by atoms with E-state index in [1.165, 1.54) is 57.9 Å². The summed E-state index contributed by atoms with van der Waals surface area (Å²) in [7, 11) is -3.29. The summed E-state index contributed by atoms with van der Waals surface area (Å²) in [6.45, 7) is 9.23. The van der Waals surface area contributed by atoms with Gasteiger partial charge in [0, 0.05) is 50.0 Å². The van der Waals surface area contributed by atoms with E-state index >= 15 is 0 Å². The van der Waals surface area contributed by atoms with Crippen LogP contribution in [0.15, 0.2) is 53.0 Å². The van der Waals surface area contributed by atoms with Gasteiger partial charge in [-0.1, -0.05) is 76.8 Å². The second-order valence-corrected chi connectivity index (χ2v) is 14.5. The molecule has 0 saturated heterocycles. The molecule has 2 aromatic carbocycles. The number of allylic oxidation sites excluding steroid dienone is 1. The fourth-order valence-electron chi connectivity index (χ4n) is 5.89. The maximum absolute atomic E-state index is 13.6. The molecular weight excluding hydrogens is 641 g/mol. The highest BCUT2D eigenvalue weighted by atomic mass is 32.2. The van der Waals surface area contributed by atoms with Crippen molar-refractivity contribution < 1.29 is 27.5 Å². The molecule has 3 rings (SSSR count). The second kappa shape index (κ2) is 20.1. The number of ether oxygens (including phenoxy) is 1. The Morgan fingerprint density at radius 2 is 1.61 bits per heavy atom. The van der Waals surface area contributed by atoms with Gasteiger partial charge in [0.1, 0.15) is 6.61 Å². The summed E-state index contributed by atoms with van der Waals surface area (Å²) >= 11 is 0. The van der Waals surface area contributed by atoms with Crippen molar-refractivity contribution in [3.8, 4) is 0 Å².